The summed E-state index contributed by atoms with van der Waals surface area (Å²) in [6, 6.07) is 0. The van der Waals surface area contributed by atoms with Crippen LogP contribution < -0.4 is 0 Å². The van der Waals surface area contributed by atoms with E-state index in [9.17, 15) is 0 Å². The van der Waals surface area contributed by atoms with Gasteiger partial charge in [-0.2, -0.15) is 0 Å². The lowest BCUT2D eigenvalue weighted by atomic mass is 10.1. The molecule has 2 nitrogen and oxygen atoms in total. The second-order valence-electron chi connectivity index (χ2n) is 2.57. The molecule has 0 radical (unpaired) electrons. The Morgan fingerprint density at radius 2 is 2.09 bits per heavy atom. The summed E-state index contributed by atoms with van der Waals surface area (Å²) in [5.41, 5.74) is 0. The molecule has 1 saturated heterocycles. The summed E-state index contributed by atoms with van der Waals surface area (Å²) in [6.07, 6.45) is 2.27. The van der Waals surface area contributed by atoms with Gasteiger partial charge >= 0.3 is 0 Å². The molecule has 11 heavy (non-hydrogen) atoms. The second kappa shape index (κ2) is 4.38. The predicted octanol–water partition coefficient (Wildman–Crippen LogP) is 1.55. The first kappa shape index (κ1) is 8.58. The molecule has 1 rings (SSSR count). The summed E-state index contributed by atoms with van der Waals surface area (Å²) in [4.78, 5) is 0. The van der Waals surface area contributed by atoms with Gasteiger partial charge in [-0.3, -0.25) is 0 Å². The van der Waals surface area contributed by atoms with Gasteiger partial charge in [-0.25, -0.2) is 0 Å². The van der Waals surface area contributed by atoms with E-state index >= 15 is 0 Å². The van der Waals surface area contributed by atoms with Crippen molar-refractivity contribution in [1.29, 1.82) is 0 Å². The predicted molar refractivity (Wildman–Crippen MR) is 43.0 cm³/mol. The zero-order chi connectivity index (χ0) is 8.10. The zero-order valence-electron chi connectivity index (χ0n) is 7.09. The highest BCUT2D eigenvalue weighted by Crippen LogP contribution is 2.17. The van der Waals surface area contributed by atoms with Crippen LogP contribution in [0.1, 0.15) is 26.7 Å². The van der Waals surface area contributed by atoms with Crippen molar-refractivity contribution in [1.82, 2.24) is 0 Å². The average Bonchev–Trinajstić information content (AvgIpc) is 2.47. The fraction of sp³-hybridized carbons (Fsp3) is 0.778. The molecule has 0 aromatic carbocycles. The Hall–Kier alpha value is -0.520. The van der Waals surface area contributed by atoms with E-state index in [1.54, 1.807) is 0 Å². The van der Waals surface area contributed by atoms with Gasteiger partial charge in [0.2, 0.25) is 0 Å². The minimum atomic E-state index is 0.201. The topological polar surface area (TPSA) is 18.5 Å². The molecule has 1 aliphatic heterocycles. The molecule has 0 spiro atoms. The Labute approximate surface area is 67.9 Å². The first-order valence-electron chi connectivity index (χ1n) is 4.01. The van der Waals surface area contributed by atoms with E-state index in [-0.39, 0.29) is 12.2 Å². The fourth-order valence-corrected chi connectivity index (χ4v) is 1.20. The molecule has 2 atom stereocenters. The third-order valence-electron chi connectivity index (χ3n) is 1.86. The van der Waals surface area contributed by atoms with Crippen LogP contribution in [-0.4, -0.2) is 19.0 Å². The molecule has 1 heterocycles. The molecular weight excluding hydrogens is 140 g/mol. The van der Waals surface area contributed by atoms with Gasteiger partial charge < -0.3 is 9.47 Å². The van der Waals surface area contributed by atoms with Crippen molar-refractivity contribution < 1.29 is 9.47 Å². The smallest absolute Gasteiger partial charge is 0.147 e. The van der Waals surface area contributed by atoms with Crippen molar-refractivity contribution in [3.8, 4) is 11.8 Å². The number of rotatable bonds is 2. The molecule has 1 fully saturated rings. The highest BCUT2D eigenvalue weighted by molar-refractivity contribution is 4.98. The monoisotopic (exact) mass is 154 g/mol. The van der Waals surface area contributed by atoms with Crippen molar-refractivity contribution in [3.63, 3.8) is 0 Å². The van der Waals surface area contributed by atoms with E-state index in [1.807, 2.05) is 6.92 Å². The average molecular weight is 154 g/mol. The van der Waals surface area contributed by atoms with Gasteiger partial charge in [-0.15, -0.1) is 11.8 Å². The lowest BCUT2D eigenvalue weighted by molar-refractivity contribution is 0.0387. The van der Waals surface area contributed by atoms with Gasteiger partial charge in [-0.05, 0) is 13.3 Å². The van der Waals surface area contributed by atoms with Crippen LogP contribution in [0.2, 0.25) is 0 Å². The third kappa shape index (κ3) is 2.21. The maximum absolute atomic E-state index is 5.33. The van der Waals surface area contributed by atoms with E-state index in [0.717, 1.165) is 12.8 Å². The molecule has 62 valence electrons. The maximum atomic E-state index is 5.33. The van der Waals surface area contributed by atoms with Gasteiger partial charge in [0, 0.05) is 6.42 Å². The Bertz CT molecular complexity index is 166. The maximum Gasteiger partial charge on any atom is 0.147 e. The summed E-state index contributed by atoms with van der Waals surface area (Å²) in [6.45, 7) is 4.39. The Kier molecular flexibility index (Phi) is 3.41. The largest absolute Gasteiger partial charge is 0.349 e. The van der Waals surface area contributed by atoms with Crippen molar-refractivity contribution in [2.24, 2.45) is 0 Å². The van der Waals surface area contributed by atoms with Crippen LogP contribution >= 0.6 is 0 Å². The molecule has 0 aromatic rings. The minimum Gasteiger partial charge on any atom is -0.349 e. The van der Waals surface area contributed by atoms with Gasteiger partial charge in [0.25, 0.3) is 0 Å². The van der Waals surface area contributed by atoms with Crippen LogP contribution in [0.15, 0.2) is 0 Å². The molecule has 0 aromatic heterocycles. The van der Waals surface area contributed by atoms with Crippen molar-refractivity contribution in [2.75, 3.05) is 6.79 Å². The van der Waals surface area contributed by atoms with Crippen LogP contribution in [0.5, 0.6) is 0 Å². The number of hydrogen-bond donors (Lipinski definition) is 0. The minimum absolute atomic E-state index is 0.201. The van der Waals surface area contributed by atoms with Crippen LogP contribution in [0, 0.1) is 11.8 Å². The summed E-state index contributed by atoms with van der Waals surface area (Å²) in [5, 5.41) is 0. The van der Waals surface area contributed by atoms with Gasteiger partial charge in [0.15, 0.2) is 0 Å². The van der Waals surface area contributed by atoms with Crippen LogP contribution in [0.3, 0.4) is 0 Å². The molecular formula is C9H14O2. The highest BCUT2D eigenvalue weighted by atomic mass is 16.7. The van der Waals surface area contributed by atoms with E-state index in [1.165, 1.54) is 0 Å². The van der Waals surface area contributed by atoms with E-state index in [4.69, 9.17) is 9.47 Å². The quantitative estimate of drug-likeness (QED) is 0.562. The standard InChI is InChI=1S/C9H14O2/c1-3-5-6-9-8(4-2)10-7-11-9/h8-9H,4,6-7H2,1-2H3/t8-,9+/m0/s1. The number of hydrogen-bond acceptors (Lipinski definition) is 2. The first-order chi connectivity index (χ1) is 5.38. The van der Waals surface area contributed by atoms with Gasteiger partial charge in [-0.1, -0.05) is 6.92 Å². The molecule has 0 bridgehead atoms. The zero-order valence-corrected chi connectivity index (χ0v) is 7.09. The summed E-state index contributed by atoms with van der Waals surface area (Å²) in [7, 11) is 0. The van der Waals surface area contributed by atoms with Gasteiger partial charge in [0.1, 0.15) is 6.79 Å². The molecule has 0 N–H and O–H groups in total. The Morgan fingerprint density at radius 1 is 1.36 bits per heavy atom. The van der Waals surface area contributed by atoms with Crippen LogP contribution in [0.4, 0.5) is 0 Å². The molecule has 0 saturated carbocycles. The van der Waals surface area contributed by atoms with Crippen molar-refractivity contribution >= 4 is 0 Å². The lowest BCUT2D eigenvalue weighted by Crippen LogP contribution is -2.20. The highest BCUT2D eigenvalue weighted by Gasteiger charge is 2.26. The van der Waals surface area contributed by atoms with Crippen molar-refractivity contribution in [2.45, 2.75) is 38.9 Å². The summed E-state index contributed by atoms with van der Waals surface area (Å²) >= 11 is 0. The normalized spacial score (nSPS) is 29.6. The SMILES string of the molecule is CC#CC[C@H]1OCO[C@H]1CC. The van der Waals surface area contributed by atoms with Crippen LogP contribution in [-0.2, 0) is 9.47 Å². The van der Waals surface area contributed by atoms with Crippen LogP contribution in [0.25, 0.3) is 0 Å². The van der Waals surface area contributed by atoms with E-state index < -0.39 is 0 Å². The molecule has 0 amide bonds. The Morgan fingerprint density at radius 3 is 2.73 bits per heavy atom. The molecule has 1 aliphatic rings. The molecule has 0 aliphatic carbocycles. The number of ether oxygens (including phenoxy) is 2. The van der Waals surface area contributed by atoms with E-state index in [2.05, 4.69) is 18.8 Å². The second-order valence-corrected chi connectivity index (χ2v) is 2.57. The summed E-state index contributed by atoms with van der Waals surface area (Å²) < 4.78 is 10.7. The first-order valence-corrected chi connectivity index (χ1v) is 4.01. The van der Waals surface area contributed by atoms with Gasteiger partial charge in [0.05, 0.1) is 12.2 Å². The lowest BCUT2D eigenvalue weighted by Gasteiger charge is -2.11. The van der Waals surface area contributed by atoms with Crippen molar-refractivity contribution in [3.05, 3.63) is 0 Å². The molecule has 0 unspecified atom stereocenters. The fourth-order valence-electron chi connectivity index (χ4n) is 1.20. The Balaban J connectivity index is 2.35. The van der Waals surface area contributed by atoms with E-state index in [0.29, 0.717) is 6.79 Å². The third-order valence-corrected chi connectivity index (χ3v) is 1.86. The summed E-state index contributed by atoms with van der Waals surface area (Å²) in [5.74, 6) is 5.85. The molecule has 2 heteroatoms.